The van der Waals surface area contributed by atoms with Gasteiger partial charge in [-0.2, -0.15) is 5.10 Å². The molecule has 1 fully saturated rings. The summed E-state index contributed by atoms with van der Waals surface area (Å²) >= 11 is 0. The highest BCUT2D eigenvalue weighted by Gasteiger charge is 2.36. The fraction of sp³-hybridized carbons (Fsp3) is 0.333. The van der Waals surface area contributed by atoms with Crippen LogP contribution in [0, 0.1) is 5.41 Å². The molecule has 112 valence electrons. The summed E-state index contributed by atoms with van der Waals surface area (Å²) in [5.41, 5.74) is 2.45. The number of nitrogens with zero attached hydrogens (tertiary/aromatic N) is 1. The zero-order valence-corrected chi connectivity index (χ0v) is 12.7. The average molecular weight is 307 g/mol. The summed E-state index contributed by atoms with van der Waals surface area (Å²) < 4.78 is 0. The van der Waals surface area contributed by atoms with E-state index in [4.69, 9.17) is 0 Å². The van der Waals surface area contributed by atoms with Gasteiger partial charge in [-0.05, 0) is 38.1 Å². The van der Waals surface area contributed by atoms with E-state index in [-0.39, 0.29) is 23.7 Å². The largest absolute Gasteiger partial charge is 0.326 e. The number of rotatable bonds is 3. The zero-order valence-electron chi connectivity index (χ0n) is 11.8. The minimum Gasteiger partial charge on any atom is -0.326 e. The summed E-state index contributed by atoms with van der Waals surface area (Å²) in [5, 5.41) is 13.1. The van der Waals surface area contributed by atoms with E-state index in [1.165, 1.54) is 0 Å². The molecule has 21 heavy (non-hydrogen) atoms. The van der Waals surface area contributed by atoms with Gasteiger partial charge in [-0.15, -0.1) is 12.4 Å². The van der Waals surface area contributed by atoms with Gasteiger partial charge < -0.3 is 10.6 Å². The molecule has 1 aliphatic heterocycles. The molecule has 3 N–H and O–H groups in total. The molecule has 1 amide bonds. The van der Waals surface area contributed by atoms with Gasteiger partial charge in [-0.1, -0.05) is 12.1 Å². The Balaban J connectivity index is 0.00000161. The average Bonchev–Trinajstić information content (AvgIpc) is 3.11. The van der Waals surface area contributed by atoms with Gasteiger partial charge in [0, 0.05) is 24.0 Å². The van der Waals surface area contributed by atoms with Crippen LogP contribution < -0.4 is 10.6 Å². The lowest BCUT2D eigenvalue weighted by molar-refractivity contribution is -0.123. The summed E-state index contributed by atoms with van der Waals surface area (Å²) in [5.74, 6) is 0.0734. The minimum absolute atomic E-state index is 0. The van der Waals surface area contributed by atoms with Crippen molar-refractivity contribution < 1.29 is 4.79 Å². The zero-order chi connectivity index (χ0) is 14.0. The molecule has 0 saturated carbocycles. The maximum Gasteiger partial charge on any atom is 0.231 e. The monoisotopic (exact) mass is 306 g/mol. The number of aromatic nitrogens is 2. The van der Waals surface area contributed by atoms with Crippen LogP contribution >= 0.6 is 12.4 Å². The van der Waals surface area contributed by atoms with Gasteiger partial charge in [0.05, 0.1) is 11.1 Å². The van der Waals surface area contributed by atoms with Crippen molar-refractivity contribution in [3.05, 3.63) is 36.5 Å². The molecule has 1 saturated heterocycles. The van der Waals surface area contributed by atoms with Gasteiger partial charge in [0.15, 0.2) is 0 Å². The van der Waals surface area contributed by atoms with E-state index in [1.54, 1.807) is 6.20 Å². The molecule has 5 nitrogen and oxygen atoms in total. The number of hydrogen-bond donors (Lipinski definition) is 3. The lowest BCUT2D eigenvalue weighted by Gasteiger charge is -2.21. The number of halogens is 1. The molecule has 1 unspecified atom stereocenters. The summed E-state index contributed by atoms with van der Waals surface area (Å²) in [6.45, 7) is 3.64. The molecule has 2 aromatic rings. The van der Waals surface area contributed by atoms with Crippen molar-refractivity contribution in [2.24, 2.45) is 5.41 Å². The molecule has 1 aliphatic rings. The SMILES string of the molecule is CC1(C(=O)Nc2cccc(-c3ccn[nH]3)c2)CCNC1.Cl. The Kier molecular flexibility index (Phi) is 4.65. The van der Waals surface area contributed by atoms with E-state index in [0.717, 1.165) is 36.5 Å². The highest BCUT2D eigenvalue weighted by Crippen LogP contribution is 2.27. The highest BCUT2D eigenvalue weighted by atomic mass is 35.5. The first-order valence-electron chi connectivity index (χ1n) is 6.79. The van der Waals surface area contributed by atoms with Crippen molar-refractivity contribution in [1.82, 2.24) is 15.5 Å². The van der Waals surface area contributed by atoms with Crippen LogP contribution in [0.15, 0.2) is 36.5 Å². The first-order chi connectivity index (χ1) is 9.67. The molecule has 0 aliphatic carbocycles. The smallest absolute Gasteiger partial charge is 0.231 e. The van der Waals surface area contributed by atoms with Crippen molar-refractivity contribution in [2.75, 3.05) is 18.4 Å². The number of aromatic amines is 1. The maximum absolute atomic E-state index is 12.4. The second kappa shape index (κ2) is 6.28. The molecule has 3 rings (SSSR count). The molecule has 1 atom stereocenters. The van der Waals surface area contributed by atoms with Gasteiger partial charge in [-0.25, -0.2) is 0 Å². The quantitative estimate of drug-likeness (QED) is 0.816. The number of carbonyl (C=O) groups is 1. The normalized spacial score (nSPS) is 20.8. The summed E-state index contributed by atoms with van der Waals surface area (Å²) in [4.78, 5) is 12.4. The van der Waals surface area contributed by atoms with E-state index in [9.17, 15) is 4.79 Å². The Morgan fingerprint density at radius 3 is 2.90 bits per heavy atom. The lowest BCUT2D eigenvalue weighted by atomic mass is 9.88. The topological polar surface area (TPSA) is 69.8 Å². The standard InChI is InChI=1S/C15H18N4O.ClH/c1-15(6-8-16-10-15)14(20)18-12-4-2-3-11(9-12)13-5-7-17-19-13;/h2-5,7,9,16H,6,8,10H2,1H3,(H,17,19)(H,18,20);1H. The van der Waals surface area contributed by atoms with Crippen molar-refractivity contribution in [3.63, 3.8) is 0 Å². The molecule has 0 radical (unpaired) electrons. The molecular weight excluding hydrogens is 288 g/mol. The molecule has 0 spiro atoms. The van der Waals surface area contributed by atoms with Crippen LogP contribution in [0.5, 0.6) is 0 Å². The van der Waals surface area contributed by atoms with Gasteiger partial charge in [0.1, 0.15) is 0 Å². The van der Waals surface area contributed by atoms with Crippen molar-refractivity contribution in [1.29, 1.82) is 0 Å². The number of amides is 1. The van der Waals surface area contributed by atoms with Crippen LogP contribution in [-0.4, -0.2) is 29.2 Å². The summed E-state index contributed by atoms with van der Waals surface area (Å²) in [7, 11) is 0. The predicted octanol–water partition coefficient (Wildman–Crippen LogP) is 2.44. The third-order valence-electron chi connectivity index (χ3n) is 3.85. The Labute approximate surface area is 129 Å². The van der Waals surface area contributed by atoms with Crippen LogP contribution in [0.3, 0.4) is 0 Å². The van der Waals surface area contributed by atoms with E-state index >= 15 is 0 Å². The predicted molar refractivity (Wildman–Crippen MR) is 85.5 cm³/mol. The minimum atomic E-state index is -0.315. The highest BCUT2D eigenvalue weighted by molar-refractivity contribution is 5.96. The van der Waals surface area contributed by atoms with Crippen molar-refractivity contribution in [3.8, 4) is 11.3 Å². The van der Waals surface area contributed by atoms with E-state index in [0.29, 0.717) is 0 Å². The van der Waals surface area contributed by atoms with E-state index in [2.05, 4.69) is 20.8 Å². The Bertz CT molecular complexity index is 606. The second-order valence-corrected chi connectivity index (χ2v) is 5.49. The fourth-order valence-electron chi connectivity index (χ4n) is 2.47. The Hall–Kier alpha value is -1.85. The molecule has 0 bridgehead atoms. The van der Waals surface area contributed by atoms with Gasteiger partial charge in [0.2, 0.25) is 5.91 Å². The van der Waals surface area contributed by atoms with Gasteiger partial charge in [-0.3, -0.25) is 9.89 Å². The Morgan fingerprint density at radius 1 is 1.38 bits per heavy atom. The molecule has 2 heterocycles. The van der Waals surface area contributed by atoms with E-state index < -0.39 is 0 Å². The van der Waals surface area contributed by atoms with Crippen LogP contribution in [0.4, 0.5) is 5.69 Å². The number of carbonyl (C=O) groups excluding carboxylic acids is 1. The number of H-pyrrole nitrogens is 1. The van der Waals surface area contributed by atoms with E-state index in [1.807, 2.05) is 37.3 Å². The number of benzene rings is 1. The first-order valence-corrected chi connectivity index (χ1v) is 6.79. The third-order valence-corrected chi connectivity index (χ3v) is 3.85. The number of nitrogens with one attached hydrogen (secondary N) is 3. The van der Waals surface area contributed by atoms with Crippen molar-refractivity contribution >= 4 is 24.0 Å². The molecule has 1 aromatic carbocycles. The van der Waals surface area contributed by atoms with Crippen LogP contribution in [0.2, 0.25) is 0 Å². The molecular formula is C15H19ClN4O. The Morgan fingerprint density at radius 2 is 2.24 bits per heavy atom. The van der Waals surface area contributed by atoms with Crippen molar-refractivity contribution in [2.45, 2.75) is 13.3 Å². The first kappa shape index (κ1) is 15.5. The van der Waals surface area contributed by atoms with Crippen LogP contribution in [0.25, 0.3) is 11.3 Å². The van der Waals surface area contributed by atoms with Crippen LogP contribution in [-0.2, 0) is 4.79 Å². The number of hydrogen-bond acceptors (Lipinski definition) is 3. The van der Waals surface area contributed by atoms with Crippen LogP contribution in [0.1, 0.15) is 13.3 Å². The van der Waals surface area contributed by atoms with Gasteiger partial charge in [0.25, 0.3) is 0 Å². The van der Waals surface area contributed by atoms with Gasteiger partial charge >= 0.3 is 0 Å². The number of anilines is 1. The second-order valence-electron chi connectivity index (χ2n) is 5.49. The maximum atomic E-state index is 12.4. The third kappa shape index (κ3) is 3.25. The lowest BCUT2D eigenvalue weighted by Crippen LogP contribution is -2.35. The molecule has 6 heteroatoms. The fourth-order valence-corrected chi connectivity index (χ4v) is 2.47. The summed E-state index contributed by atoms with van der Waals surface area (Å²) in [6, 6.07) is 9.69. The summed E-state index contributed by atoms with van der Waals surface area (Å²) in [6.07, 6.45) is 2.59. The molecule has 1 aromatic heterocycles.